The van der Waals surface area contributed by atoms with E-state index >= 15 is 0 Å². The molecular formula is C21H30N3O5+. The quantitative estimate of drug-likeness (QED) is 0.694. The Hall–Kier alpha value is -2.32. The number of quaternary nitrogens is 1. The molecule has 0 unspecified atom stereocenters. The standard InChI is InChI=1S/C21H29N3O5/c1-15(13-27-2)24-12-17(10-20(24)25)21(26)23-7-5-22(6-8-23)11-16-3-4-18-19(9-16)29-14-28-18/h3-4,9,15,17H,5-8,10-14H2,1-2H3/p+1/t15-,17+/m1/s1. The highest BCUT2D eigenvalue weighted by Crippen LogP contribution is 2.32. The zero-order valence-electron chi connectivity index (χ0n) is 17.2. The van der Waals surface area contributed by atoms with Gasteiger partial charge in [-0.1, -0.05) is 0 Å². The summed E-state index contributed by atoms with van der Waals surface area (Å²) in [6.45, 7) is 7.44. The molecule has 158 valence electrons. The first kappa shape index (κ1) is 20.0. The molecule has 0 aliphatic carbocycles. The Morgan fingerprint density at radius 1 is 1.28 bits per heavy atom. The van der Waals surface area contributed by atoms with Crippen LogP contribution in [0.4, 0.5) is 0 Å². The number of methoxy groups -OCH3 is 1. The van der Waals surface area contributed by atoms with Gasteiger partial charge in [-0.3, -0.25) is 9.59 Å². The van der Waals surface area contributed by atoms with Gasteiger partial charge in [0.2, 0.25) is 18.6 Å². The Morgan fingerprint density at radius 2 is 2.03 bits per heavy atom. The first-order valence-electron chi connectivity index (χ1n) is 10.3. The maximum Gasteiger partial charge on any atom is 0.231 e. The molecule has 3 aliphatic rings. The van der Waals surface area contributed by atoms with E-state index in [0.717, 1.165) is 44.2 Å². The number of fused-ring (bicyclic) bond motifs is 1. The lowest BCUT2D eigenvalue weighted by Crippen LogP contribution is -3.13. The lowest BCUT2D eigenvalue weighted by atomic mass is 10.1. The second-order valence-electron chi connectivity index (χ2n) is 8.19. The maximum absolute atomic E-state index is 12.9. The Bertz CT molecular complexity index is 763. The van der Waals surface area contributed by atoms with Gasteiger partial charge in [-0.25, -0.2) is 0 Å². The number of hydrogen-bond acceptors (Lipinski definition) is 5. The Kier molecular flexibility index (Phi) is 5.91. The van der Waals surface area contributed by atoms with Crippen molar-refractivity contribution in [2.75, 3.05) is 53.2 Å². The van der Waals surface area contributed by atoms with Gasteiger partial charge in [0.05, 0.1) is 44.7 Å². The van der Waals surface area contributed by atoms with Gasteiger partial charge in [0.1, 0.15) is 6.54 Å². The van der Waals surface area contributed by atoms with Crippen LogP contribution in [0.15, 0.2) is 18.2 Å². The van der Waals surface area contributed by atoms with Crippen molar-refractivity contribution in [2.24, 2.45) is 5.92 Å². The topological polar surface area (TPSA) is 72.8 Å². The van der Waals surface area contributed by atoms with Crippen LogP contribution < -0.4 is 14.4 Å². The number of piperazine rings is 1. The third-order valence-electron chi connectivity index (χ3n) is 6.12. The first-order valence-corrected chi connectivity index (χ1v) is 10.3. The predicted octanol–water partition coefficient (Wildman–Crippen LogP) is -0.474. The molecule has 1 aromatic rings. The SMILES string of the molecule is COC[C@@H](C)N1C[C@@H](C(=O)N2CC[NH+](Cc3ccc4c(c3)OCO4)CC2)CC1=O. The van der Waals surface area contributed by atoms with E-state index in [4.69, 9.17) is 14.2 Å². The number of carbonyl (C=O) groups is 2. The van der Waals surface area contributed by atoms with Crippen LogP contribution in [0.2, 0.25) is 0 Å². The fourth-order valence-corrected chi connectivity index (χ4v) is 4.47. The number of carbonyl (C=O) groups excluding carboxylic acids is 2. The number of likely N-dealkylation sites (tertiary alicyclic amines) is 1. The highest BCUT2D eigenvalue weighted by atomic mass is 16.7. The Labute approximate surface area is 171 Å². The average molecular weight is 404 g/mol. The molecule has 2 amide bonds. The summed E-state index contributed by atoms with van der Waals surface area (Å²) in [5, 5.41) is 0. The lowest BCUT2D eigenvalue weighted by Gasteiger charge is -2.33. The summed E-state index contributed by atoms with van der Waals surface area (Å²) in [5.74, 6) is 1.57. The minimum absolute atomic E-state index is 0.00768. The number of hydrogen-bond donors (Lipinski definition) is 1. The molecule has 8 heteroatoms. The summed E-state index contributed by atoms with van der Waals surface area (Å²) in [5.41, 5.74) is 1.22. The van der Waals surface area contributed by atoms with E-state index in [1.54, 1.807) is 12.0 Å². The van der Waals surface area contributed by atoms with E-state index in [9.17, 15) is 9.59 Å². The van der Waals surface area contributed by atoms with E-state index in [1.165, 1.54) is 10.5 Å². The molecule has 29 heavy (non-hydrogen) atoms. The normalized spacial score (nSPS) is 23.0. The molecule has 4 rings (SSSR count). The van der Waals surface area contributed by atoms with Crippen molar-refractivity contribution in [3.63, 3.8) is 0 Å². The second kappa shape index (κ2) is 8.59. The Morgan fingerprint density at radius 3 is 2.79 bits per heavy atom. The first-order chi connectivity index (χ1) is 14.0. The van der Waals surface area contributed by atoms with E-state index in [2.05, 4.69) is 6.07 Å². The number of benzene rings is 1. The molecule has 3 heterocycles. The summed E-state index contributed by atoms with van der Waals surface area (Å²) >= 11 is 0. The molecular weight excluding hydrogens is 374 g/mol. The molecule has 1 aromatic carbocycles. The van der Waals surface area contributed by atoms with Gasteiger partial charge in [0, 0.05) is 25.6 Å². The smallest absolute Gasteiger partial charge is 0.231 e. The molecule has 0 saturated carbocycles. The zero-order chi connectivity index (χ0) is 20.4. The van der Waals surface area contributed by atoms with Gasteiger partial charge in [-0.05, 0) is 25.1 Å². The largest absolute Gasteiger partial charge is 0.454 e. The number of rotatable bonds is 6. The maximum atomic E-state index is 12.9. The lowest BCUT2D eigenvalue weighted by molar-refractivity contribution is -0.917. The predicted molar refractivity (Wildman–Crippen MR) is 105 cm³/mol. The molecule has 3 aliphatic heterocycles. The molecule has 0 radical (unpaired) electrons. The van der Waals surface area contributed by atoms with Crippen LogP contribution in [0.1, 0.15) is 18.9 Å². The van der Waals surface area contributed by atoms with Gasteiger partial charge in [0.25, 0.3) is 0 Å². The summed E-state index contributed by atoms with van der Waals surface area (Å²) in [7, 11) is 1.63. The molecule has 8 nitrogen and oxygen atoms in total. The van der Waals surface area contributed by atoms with Crippen LogP contribution in [-0.2, 0) is 20.9 Å². The van der Waals surface area contributed by atoms with Gasteiger partial charge >= 0.3 is 0 Å². The summed E-state index contributed by atoms with van der Waals surface area (Å²) in [4.78, 5) is 30.4. The number of ether oxygens (including phenoxy) is 3. The van der Waals surface area contributed by atoms with Crippen LogP contribution in [0.25, 0.3) is 0 Å². The van der Waals surface area contributed by atoms with Crippen molar-refractivity contribution in [1.82, 2.24) is 9.80 Å². The molecule has 0 bridgehead atoms. The second-order valence-corrected chi connectivity index (χ2v) is 8.19. The van der Waals surface area contributed by atoms with Crippen LogP contribution in [0, 0.1) is 5.92 Å². The van der Waals surface area contributed by atoms with Gasteiger partial charge in [0.15, 0.2) is 11.5 Å². The summed E-state index contributed by atoms with van der Waals surface area (Å²) < 4.78 is 16.0. The zero-order valence-corrected chi connectivity index (χ0v) is 17.2. The van der Waals surface area contributed by atoms with E-state index in [1.807, 2.05) is 24.0 Å². The minimum Gasteiger partial charge on any atom is -0.454 e. The van der Waals surface area contributed by atoms with E-state index in [0.29, 0.717) is 19.6 Å². The van der Waals surface area contributed by atoms with Crippen molar-refractivity contribution < 1.29 is 28.7 Å². The fraction of sp³-hybridized carbons (Fsp3) is 0.619. The van der Waals surface area contributed by atoms with Crippen LogP contribution in [-0.4, -0.2) is 80.9 Å². The average Bonchev–Trinajstić information content (AvgIpc) is 3.34. The highest BCUT2D eigenvalue weighted by Gasteiger charge is 2.39. The van der Waals surface area contributed by atoms with E-state index in [-0.39, 0.29) is 30.6 Å². The van der Waals surface area contributed by atoms with Crippen molar-refractivity contribution in [3.8, 4) is 11.5 Å². The molecule has 2 atom stereocenters. The Balaban J connectivity index is 1.27. The number of nitrogens with one attached hydrogen (secondary N) is 1. The van der Waals surface area contributed by atoms with Gasteiger partial charge < -0.3 is 28.9 Å². The molecule has 2 fully saturated rings. The summed E-state index contributed by atoms with van der Waals surface area (Å²) in [6, 6.07) is 6.10. The molecule has 1 N–H and O–H groups in total. The van der Waals surface area contributed by atoms with Crippen LogP contribution in [0.3, 0.4) is 0 Å². The third-order valence-corrected chi connectivity index (χ3v) is 6.12. The van der Waals surface area contributed by atoms with Crippen molar-refractivity contribution in [3.05, 3.63) is 23.8 Å². The van der Waals surface area contributed by atoms with Crippen molar-refractivity contribution >= 4 is 11.8 Å². The van der Waals surface area contributed by atoms with Gasteiger partial charge in [-0.2, -0.15) is 0 Å². The van der Waals surface area contributed by atoms with Gasteiger partial charge in [-0.15, -0.1) is 0 Å². The monoisotopic (exact) mass is 404 g/mol. The van der Waals surface area contributed by atoms with E-state index < -0.39 is 0 Å². The molecule has 0 spiro atoms. The van der Waals surface area contributed by atoms with Crippen LogP contribution in [0.5, 0.6) is 11.5 Å². The third kappa shape index (κ3) is 4.33. The summed E-state index contributed by atoms with van der Waals surface area (Å²) in [6.07, 6.45) is 0.317. The highest BCUT2D eigenvalue weighted by molar-refractivity contribution is 5.89. The number of nitrogens with zero attached hydrogens (tertiary/aromatic N) is 2. The number of amides is 2. The molecule has 0 aromatic heterocycles. The fourth-order valence-electron chi connectivity index (χ4n) is 4.47. The van der Waals surface area contributed by atoms with Crippen LogP contribution >= 0.6 is 0 Å². The minimum atomic E-state index is -0.225. The van der Waals surface area contributed by atoms with Crippen molar-refractivity contribution in [2.45, 2.75) is 25.9 Å². The van der Waals surface area contributed by atoms with Crippen molar-refractivity contribution in [1.29, 1.82) is 0 Å². The molecule has 2 saturated heterocycles.